The molecule has 1 N–H and O–H groups in total. The van der Waals surface area contributed by atoms with Crippen molar-refractivity contribution >= 4 is 17.8 Å². The van der Waals surface area contributed by atoms with E-state index >= 15 is 0 Å². The zero-order chi connectivity index (χ0) is 19.3. The van der Waals surface area contributed by atoms with Crippen LogP contribution in [0.2, 0.25) is 0 Å². The number of pyridine rings is 1. The number of nitrogens with zero attached hydrogens (tertiary/aromatic N) is 3. The van der Waals surface area contributed by atoms with Crippen LogP contribution >= 0.6 is 0 Å². The van der Waals surface area contributed by atoms with Gasteiger partial charge in [-0.15, -0.1) is 0 Å². The molecule has 0 saturated carbocycles. The van der Waals surface area contributed by atoms with Crippen LogP contribution in [0.5, 0.6) is 0 Å². The molecule has 1 amide bonds. The summed E-state index contributed by atoms with van der Waals surface area (Å²) in [7, 11) is 0. The van der Waals surface area contributed by atoms with Gasteiger partial charge in [-0.05, 0) is 34.2 Å². The maximum atomic E-state index is 12.2. The molecule has 5 heteroatoms. The highest BCUT2D eigenvalue weighted by atomic mass is 16.1. The van der Waals surface area contributed by atoms with Crippen molar-refractivity contribution in [2.24, 2.45) is 0 Å². The van der Waals surface area contributed by atoms with Crippen LogP contribution in [0.15, 0.2) is 67.1 Å². The van der Waals surface area contributed by atoms with Gasteiger partial charge in [-0.25, -0.2) is 4.68 Å². The van der Waals surface area contributed by atoms with Crippen LogP contribution in [0, 0.1) is 0 Å². The number of carbonyl (C=O) groups excluding carboxylic acids is 1. The predicted molar refractivity (Wildman–Crippen MR) is 108 cm³/mol. The Morgan fingerprint density at radius 2 is 1.89 bits per heavy atom. The second-order valence-electron chi connectivity index (χ2n) is 7.43. The van der Waals surface area contributed by atoms with Crippen molar-refractivity contribution < 1.29 is 4.79 Å². The largest absolute Gasteiger partial charge is 0.307 e. The third-order valence-electron chi connectivity index (χ3n) is 4.23. The minimum absolute atomic E-state index is 0.129. The van der Waals surface area contributed by atoms with Gasteiger partial charge in [0, 0.05) is 24.5 Å². The van der Waals surface area contributed by atoms with Crippen LogP contribution < -0.4 is 5.32 Å². The molecular formula is C22H24N4O. The van der Waals surface area contributed by atoms with Crippen LogP contribution in [0.1, 0.15) is 37.5 Å². The maximum absolute atomic E-state index is 12.2. The molecule has 3 aromatic rings. The second-order valence-corrected chi connectivity index (χ2v) is 7.43. The number of hydrogen-bond acceptors (Lipinski definition) is 3. The molecule has 3 rings (SSSR count). The molecule has 2 aromatic heterocycles. The van der Waals surface area contributed by atoms with Gasteiger partial charge in [0.2, 0.25) is 5.91 Å². The van der Waals surface area contributed by atoms with Crippen molar-refractivity contribution in [1.82, 2.24) is 14.8 Å². The van der Waals surface area contributed by atoms with E-state index in [4.69, 9.17) is 0 Å². The maximum Gasteiger partial charge on any atom is 0.249 e. The SMILES string of the molecule is CC(C)(C)c1ccc(Cn2nccc2NC(=O)/C=C/c2cccnc2)cc1. The van der Waals surface area contributed by atoms with Gasteiger partial charge in [-0.3, -0.25) is 9.78 Å². The van der Waals surface area contributed by atoms with E-state index in [0.29, 0.717) is 12.4 Å². The van der Waals surface area contributed by atoms with Gasteiger partial charge in [0.1, 0.15) is 5.82 Å². The highest BCUT2D eigenvalue weighted by Crippen LogP contribution is 2.22. The minimum Gasteiger partial charge on any atom is -0.307 e. The third kappa shape index (κ3) is 5.14. The normalized spacial score (nSPS) is 11.7. The Hall–Kier alpha value is -3.21. The van der Waals surface area contributed by atoms with E-state index in [1.165, 1.54) is 11.6 Å². The average molecular weight is 360 g/mol. The number of carbonyl (C=O) groups is 1. The molecule has 5 nitrogen and oxygen atoms in total. The Morgan fingerprint density at radius 3 is 2.56 bits per heavy atom. The summed E-state index contributed by atoms with van der Waals surface area (Å²) in [6.45, 7) is 7.19. The summed E-state index contributed by atoms with van der Waals surface area (Å²) in [5.41, 5.74) is 3.43. The van der Waals surface area contributed by atoms with E-state index in [-0.39, 0.29) is 11.3 Å². The van der Waals surface area contributed by atoms with E-state index in [0.717, 1.165) is 11.1 Å². The summed E-state index contributed by atoms with van der Waals surface area (Å²) in [6.07, 6.45) is 8.31. The van der Waals surface area contributed by atoms with Gasteiger partial charge in [0.25, 0.3) is 0 Å². The van der Waals surface area contributed by atoms with Crippen molar-refractivity contribution in [2.75, 3.05) is 5.32 Å². The molecule has 0 saturated heterocycles. The highest BCUT2D eigenvalue weighted by Gasteiger charge is 2.13. The van der Waals surface area contributed by atoms with E-state index in [1.54, 1.807) is 35.4 Å². The Kier molecular flexibility index (Phi) is 5.50. The van der Waals surface area contributed by atoms with E-state index in [9.17, 15) is 4.79 Å². The predicted octanol–water partition coefficient (Wildman–Crippen LogP) is 4.28. The standard InChI is InChI=1S/C22H24N4O/c1-22(2,3)19-9-6-18(7-10-19)16-26-20(12-14-24-26)25-21(27)11-8-17-5-4-13-23-15-17/h4-15H,16H2,1-3H3,(H,25,27)/b11-8+. The summed E-state index contributed by atoms with van der Waals surface area (Å²) in [5, 5.41) is 7.19. The lowest BCUT2D eigenvalue weighted by molar-refractivity contribution is -0.111. The molecule has 0 aliphatic heterocycles. The van der Waals surface area contributed by atoms with Gasteiger partial charge >= 0.3 is 0 Å². The van der Waals surface area contributed by atoms with Crippen LogP contribution in [0.4, 0.5) is 5.82 Å². The fraction of sp³-hybridized carbons (Fsp3) is 0.227. The number of anilines is 1. The molecule has 138 valence electrons. The van der Waals surface area contributed by atoms with Crippen molar-refractivity contribution in [2.45, 2.75) is 32.7 Å². The number of amides is 1. The molecule has 0 spiro atoms. The topological polar surface area (TPSA) is 59.8 Å². The van der Waals surface area contributed by atoms with E-state index in [2.05, 4.69) is 60.4 Å². The summed E-state index contributed by atoms with van der Waals surface area (Å²) in [6, 6.07) is 14.0. The monoisotopic (exact) mass is 360 g/mol. The number of nitrogens with one attached hydrogen (secondary N) is 1. The molecule has 0 atom stereocenters. The lowest BCUT2D eigenvalue weighted by Crippen LogP contribution is -2.14. The fourth-order valence-electron chi connectivity index (χ4n) is 2.66. The molecule has 0 aliphatic rings. The minimum atomic E-state index is -0.205. The third-order valence-corrected chi connectivity index (χ3v) is 4.23. The first-order valence-electron chi connectivity index (χ1n) is 8.92. The molecule has 1 aromatic carbocycles. The zero-order valence-corrected chi connectivity index (χ0v) is 15.9. The summed E-state index contributed by atoms with van der Waals surface area (Å²) >= 11 is 0. The number of rotatable bonds is 5. The van der Waals surface area contributed by atoms with Gasteiger partial charge < -0.3 is 5.32 Å². The average Bonchev–Trinajstić information content (AvgIpc) is 3.07. The number of benzene rings is 1. The van der Waals surface area contributed by atoms with Crippen molar-refractivity contribution in [1.29, 1.82) is 0 Å². The summed E-state index contributed by atoms with van der Waals surface area (Å²) in [5.74, 6) is 0.458. The van der Waals surface area contributed by atoms with Crippen LogP contribution in [0.25, 0.3) is 6.08 Å². The highest BCUT2D eigenvalue weighted by molar-refractivity contribution is 6.01. The first-order chi connectivity index (χ1) is 12.9. The lowest BCUT2D eigenvalue weighted by atomic mass is 9.87. The molecule has 0 aliphatic carbocycles. The zero-order valence-electron chi connectivity index (χ0n) is 15.9. The first-order valence-corrected chi connectivity index (χ1v) is 8.92. The molecule has 0 radical (unpaired) electrons. The van der Waals surface area contributed by atoms with Crippen LogP contribution in [-0.4, -0.2) is 20.7 Å². The summed E-state index contributed by atoms with van der Waals surface area (Å²) < 4.78 is 1.78. The summed E-state index contributed by atoms with van der Waals surface area (Å²) in [4.78, 5) is 16.2. The number of aromatic nitrogens is 3. The van der Waals surface area contributed by atoms with Crippen molar-refractivity contribution in [3.63, 3.8) is 0 Å². The van der Waals surface area contributed by atoms with Gasteiger partial charge in [-0.1, -0.05) is 51.1 Å². The van der Waals surface area contributed by atoms with E-state index in [1.807, 2.05) is 12.1 Å². The number of hydrogen-bond donors (Lipinski definition) is 1. The molecule has 0 unspecified atom stereocenters. The fourth-order valence-corrected chi connectivity index (χ4v) is 2.66. The molecule has 0 bridgehead atoms. The van der Waals surface area contributed by atoms with Gasteiger partial charge in [-0.2, -0.15) is 5.10 Å². The van der Waals surface area contributed by atoms with Crippen LogP contribution in [-0.2, 0) is 16.8 Å². The Balaban J connectivity index is 1.65. The Labute approximate surface area is 159 Å². The molecular weight excluding hydrogens is 336 g/mol. The molecule has 0 fully saturated rings. The lowest BCUT2D eigenvalue weighted by Gasteiger charge is -2.19. The molecule has 2 heterocycles. The van der Waals surface area contributed by atoms with Crippen LogP contribution in [0.3, 0.4) is 0 Å². The second kappa shape index (κ2) is 7.99. The van der Waals surface area contributed by atoms with Gasteiger partial charge in [0.15, 0.2) is 0 Å². The quantitative estimate of drug-likeness (QED) is 0.691. The Morgan fingerprint density at radius 1 is 1.11 bits per heavy atom. The van der Waals surface area contributed by atoms with E-state index < -0.39 is 0 Å². The first kappa shape index (κ1) is 18.6. The van der Waals surface area contributed by atoms with Crippen molar-refractivity contribution in [3.05, 3.63) is 83.8 Å². The Bertz CT molecular complexity index is 919. The molecule has 27 heavy (non-hydrogen) atoms. The smallest absolute Gasteiger partial charge is 0.249 e. The van der Waals surface area contributed by atoms with Gasteiger partial charge in [0.05, 0.1) is 12.7 Å². The van der Waals surface area contributed by atoms with Crippen molar-refractivity contribution in [3.8, 4) is 0 Å².